The number of hydrogen-bond donors (Lipinski definition) is 1. The molecule has 1 atom stereocenters. The van der Waals surface area contributed by atoms with Crippen molar-refractivity contribution in [3.63, 3.8) is 0 Å². The zero-order valence-electron chi connectivity index (χ0n) is 23.7. The van der Waals surface area contributed by atoms with E-state index < -0.39 is 5.41 Å². The van der Waals surface area contributed by atoms with Crippen molar-refractivity contribution >= 4 is 0 Å². The first-order valence-corrected chi connectivity index (χ1v) is 14.3. The summed E-state index contributed by atoms with van der Waals surface area (Å²) in [5.74, 6) is 1.56. The number of aryl methyl sites for hydroxylation is 1. The molecule has 2 heterocycles. The Morgan fingerprint density at radius 1 is 0.732 bits per heavy atom. The van der Waals surface area contributed by atoms with Crippen molar-refractivity contribution < 1.29 is 4.74 Å². The Hall–Kier alpha value is -4.70. The number of nitrogens with zero attached hydrogens (tertiary/aromatic N) is 2. The van der Waals surface area contributed by atoms with Gasteiger partial charge in [-0.05, 0) is 90.1 Å². The Kier molecular flexibility index (Phi) is 6.01. The first-order valence-electron chi connectivity index (χ1n) is 14.3. The molecule has 0 amide bonds. The molecule has 7 rings (SSSR count). The van der Waals surface area contributed by atoms with Crippen molar-refractivity contribution in [3.05, 3.63) is 155 Å². The minimum Gasteiger partial charge on any atom is -0.457 e. The summed E-state index contributed by atoms with van der Waals surface area (Å²) < 4.78 is 6.53. The van der Waals surface area contributed by atoms with E-state index in [1.54, 1.807) is 0 Å². The van der Waals surface area contributed by atoms with E-state index in [1.165, 1.54) is 22.3 Å². The zero-order valence-corrected chi connectivity index (χ0v) is 23.7. The van der Waals surface area contributed by atoms with Gasteiger partial charge in [0.25, 0.3) is 0 Å². The largest absolute Gasteiger partial charge is 0.457 e. The number of allylic oxidation sites excluding steroid dienone is 4. The van der Waals surface area contributed by atoms with E-state index in [2.05, 4.69) is 96.9 Å². The van der Waals surface area contributed by atoms with Gasteiger partial charge < -0.3 is 4.74 Å². The predicted octanol–water partition coefficient (Wildman–Crippen LogP) is 8.84. The number of aromatic amines is 1. The summed E-state index contributed by atoms with van der Waals surface area (Å²) in [6.45, 7) is 6.71. The molecule has 0 unspecified atom stereocenters. The first-order chi connectivity index (χ1) is 20.0. The minimum absolute atomic E-state index is 0.111. The number of pyridine rings is 1. The van der Waals surface area contributed by atoms with Crippen LogP contribution in [0.5, 0.6) is 11.5 Å². The van der Waals surface area contributed by atoms with Gasteiger partial charge >= 0.3 is 0 Å². The summed E-state index contributed by atoms with van der Waals surface area (Å²) in [6, 6.07) is 33.9. The molecule has 0 bridgehead atoms. The maximum atomic E-state index is 6.53. The fourth-order valence-corrected chi connectivity index (χ4v) is 6.80. The number of nitrogens with one attached hydrogen (secondary N) is 1. The van der Waals surface area contributed by atoms with Crippen LogP contribution in [0.3, 0.4) is 0 Å². The summed E-state index contributed by atoms with van der Waals surface area (Å²) in [5.41, 5.74) is 9.78. The van der Waals surface area contributed by atoms with Crippen molar-refractivity contribution in [2.45, 2.75) is 44.4 Å². The average molecular weight is 536 g/mol. The molecule has 0 saturated heterocycles. The van der Waals surface area contributed by atoms with Crippen LogP contribution in [0, 0.1) is 6.92 Å². The Balaban J connectivity index is 1.41. The average Bonchev–Trinajstić information content (AvgIpc) is 3.45. The van der Waals surface area contributed by atoms with Crippen LogP contribution in [-0.2, 0) is 10.8 Å². The first kappa shape index (κ1) is 25.3. The van der Waals surface area contributed by atoms with E-state index in [1.807, 2.05) is 49.5 Å². The maximum Gasteiger partial charge on any atom is 0.128 e. The molecule has 202 valence electrons. The van der Waals surface area contributed by atoms with E-state index in [-0.39, 0.29) is 5.41 Å². The van der Waals surface area contributed by atoms with E-state index in [0.29, 0.717) is 0 Å². The monoisotopic (exact) mass is 535 g/mol. The van der Waals surface area contributed by atoms with Gasteiger partial charge in [0.05, 0.1) is 16.8 Å². The van der Waals surface area contributed by atoms with E-state index in [4.69, 9.17) is 9.72 Å². The van der Waals surface area contributed by atoms with Crippen LogP contribution < -0.4 is 4.74 Å². The van der Waals surface area contributed by atoms with Gasteiger partial charge in [-0.2, -0.15) is 5.10 Å². The second kappa shape index (κ2) is 9.74. The molecule has 0 radical (unpaired) electrons. The van der Waals surface area contributed by atoms with Crippen LogP contribution in [0.15, 0.2) is 127 Å². The zero-order chi connectivity index (χ0) is 28.0. The van der Waals surface area contributed by atoms with Crippen LogP contribution in [0.1, 0.15) is 54.8 Å². The highest BCUT2D eigenvalue weighted by Crippen LogP contribution is 2.58. The molecule has 4 heteroatoms. The molecular weight excluding hydrogens is 502 g/mol. The van der Waals surface area contributed by atoms with Gasteiger partial charge in [0.15, 0.2) is 0 Å². The Morgan fingerprint density at radius 2 is 1.46 bits per heavy atom. The van der Waals surface area contributed by atoms with Crippen LogP contribution in [0.25, 0.3) is 11.3 Å². The third-order valence-electron chi connectivity index (χ3n) is 8.62. The molecule has 0 spiro atoms. The predicted molar refractivity (Wildman–Crippen MR) is 164 cm³/mol. The summed E-state index contributed by atoms with van der Waals surface area (Å²) >= 11 is 0. The number of H-pyrrole nitrogens is 1. The van der Waals surface area contributed by atoms with Gasteiger partial charge in [-0.3, -0.25) is 10.1 Å². The summed E-state index contributed by atoms with van der Waals surface area (Å²) in [6.07, 6.45) is 8.88. The lowest BCUT2D eigenvalue weighted by Crippen LogP contribution is -2.44. The van der Waals surface area contributed by atoms with E-state index in [0.717, 1.165) is 52.5 Å². The number of hydrogen-bond acceptors (Lipinski definition) is 3. The second-order valence-electron chi connectivity index (χ2n) is 11.5. The molecule has 0 saturated carbocycles. The lowest BCUT2D eigenvalue weighted by molar-refractivity contribution is 0.479. The molecule has 2 aromatic heterocycles. The molecular formula is C37H33N3O. The Bertz CT molecular complexity index is 1810. The quantitative estimate of drug-likeness (QED) is 0.245. The molecule has 2 aliphatic rings. The van der Waals surface area contributed by atoms with Crippen LogP contribution in [0.4, 0.5) is 0 Å². The van der Waals surface area contributed by atoms with Crippen molar-refractivity contribution in [2.75, 3.05) is 0 Å². The second-order valence-corrected chi connectivity index (χ2v) is 11.5. The minimum atomic E-state index is -0.562. The SMILES string of the molecule is Cc1cc(-c2cccc(Oc3cccc([C@]4(c5ccccn5)C5=CCCC=C5C(C)(C)c5ccccc54)c3)c2)n[nH]1. The topological polar surface area (TPSA) is 50.8 Å². The van der Waals surface area contributed by atoms with Crippen LogP contribution in [0.2, 0.25) is 0 Å². The number of ether oxygens (including phenoxy) is 1. The fourth-order valence-electron chi connectivity index (χ4n) is 6.80. The van der Waals surface area contributed by atoms with Crippen LogP contribution in [-0.4, -0.2) is 15.2 Å². The highest BCUT2D eigenvalue weighted by Gasteiger charge is 2.52. The smallest absolute Gasteiger partial charge is 0.128 e. The Morgan fingerprint density at radius 3 is 2.22 bits per heavy atom. The van der Waals surface area contributed by atoms with Crippen molar-refractivity contribution in [1.29, 1.82) is 0 Å². The Labute approximate surface area is 241 Å². The van der Waals surface area contributed by atoms with Gasteiger partial charge in [-0.15, -0.1) is 0 Å². The van der Waals surface area contributed by atoms with Gasteiger partial charge in [0.2, 0.25) is 0 Å². The molecule has 2 aliphatic carbocycles. The van der Waals surface area contributed by atoms with Gasteiger partial charge in [0, 0.05) is 22.9 Å². The van der Waals surface area contributed by atoms with E-state index >= 15 is 0 Å². The number of rotatable bonds is 5. The third-order valence-corrected chi connectivity index (χ3v) is 8.62. The standard InChI is InChI=1S/C37H33N3O/c1-25-22-34(40-39-25)26-12-10-14-28(23-26)41-29-15-11-13-27(24-29)37(35-20-8-9-21-38-35)32-18-6-4-16-30(32)36(2,3)31-17-5-7-19-33(31)37/h4,6,8-24H,5,7H2,1-3H3,(H,39,40)/t37-/m1/s1. The molecule has 1 N–H and O–H groups in total. The number of fused-ring (bicyclic) bond motifs is 2. The van der Waals surface area contributed by atoms with Gasteiger partial charge in [0.1, 0.15) is 11.5 Å². The van der Waals surface area contributed by atoms with Gasteiger partial charge in [-0.1, -0.05) is 80.6 Å². The normalized spacial score (nSPS) is 19.0. The van der Waals surface area contributed by atoms with Crippen molar-refractivity contribution in [2.24, 2.45) is 0 Å². The number of aromatic nitrogens is 3. The van der Waals surface area contributed by atoms with Gasteiger partial charge in [-0.25, -0.2) is 0 Å². The number of benzene rings is 3. The van der Waals surface area contributed by atoms with Crippen molar-refractivity contribution in [3.8, 4) is 22.8 Å². The van der Waals surface area contributed by atoms with Crippen LogP contribution >= 0.6 is 0 Å². The fraction of sp³-hybridized carbons (Fsp3) is 0.189. The molecule has 5 aromatic rings. The summed E-state index contributed by atoms with van der Waals surface area (Å²) in [5, 5.41) is 7.45. The molecule has 3 aromatic carbocycles. The lowest BCUT2D eigenvalue weighted by atomic mass is 9.52. The van der Waals surface area contributed by atoms with Crippen molar-refractivity contribution in [1.82, 2.24) is 15.2 Å². The lowest BCUT2D eigenvalue weighted by Gasteiger charge is -2.50. The summed E-state index contributed by atoms with van der Waals surface area (Å²) in [4.78, 5) is 5.03. The highest BCUT2D eigenvalue weighted by molar-refractivity contribution is 5.72. The highest BCUT2D eigenvalue weighted by atomic mass is 16.5. The molecule has 0 aliphatic heterocycles. The van der Waals surface area contributed by atoms with E-state index in [9.17, 15) is 0 Å². The third kappa shape index (κ3) is 4.05. The molecule has 4 nitrogen and oxygen atoms in total. The maximum absolute atomic E-state index is 6.53. The molecule has 41 heavy (non-hydrogen) atoms. The summed E-state index contributed by atoms with van der Waals surface area (Å²) in [7, 11) is 0. The molecule has 0 fully saturated rings.